The summed E-state index contributed by atoms with van der Waals surface area (Å²) >= 11 is 1.73. The summed E-state index contributed by atoms with van der Waals surface area (Å²) in [7, 11) is 1.79. The number of hydrogen-bond acceptors (Lipinski definition) is 4. The van der Waals surface area contributed by atoms with Crippen molar-refractivity contribution in [1.29, 1.82) is 0 Å². The van der Waals surface area contributed by atoms with Crippen molar-refractivity contribution in [1.82, 2.24) is 15.6 Å². The number of hydrogen-bond donors (Lipinski definition) is 2. The van der Waals surface area contributed by atoms with Crippen LogP contribution in [-0.2, 0) is 11.3 Å². The van der Waals surface area contributed by atoms with Gasteiger partial charge in [-0.25, -0.2) is 4.98 Å². The molecule has 1 rings (SSSR count). The maximum Gasteiger partial charge on any atom is 0.191 e. The number of ether oxygens (including phenoxy) is 1. The van der Waals surface area contributed by atoms with E-state index in [0.717, 1.165) is 42.8 Å². The number of aryl methyl sites for hydroxylation is 2. The van der Waals surface area contributed by atoms with Gasteiger partial charge in [-0.1, -0.05) is 13.8 Å². The van der Waals surface area contributed by atoms with E-state index in [-0.39, 0.29) is 24.0 Å². The topological polar surface area (TPSA) is 58.5 Å². The second kappa shape index (κ2) is 12.0. The highest BCUT2D eigenvalue weighted by atomic mass is 127. The molecule has 23 heavy (non-hydrogen) atoms. The lowest BCUT2D eigenvalue weighted by atomic mass is 10.0. The third-order valence-corrected chi connectivity index (χ3v) is 4.56. The van der Waals surface area contributed by atoms with Crippen molar-refractivity contribution < 1.29 is 4.74 Å². The minimum absolute atomic E-state index is 0. The lowest BCUT2D eigenvalue weighted by molar-refractivity contribution is 0.0258. The Morgan fingerprint density at radius 2 is 2.00 bits per heavy atom. The van der Waals surface area contributed by atoms with Crippen molar-refractivity contribution >= 4 is 41.3 Å². The number of halogens is 1. The van der Waals surface area contributed by atoms with Crippen molar-refractivity contribution in [2.75, 3.05) is 20.2 Å². The van der Waals surface area contributed by atoms with Gasteiger partial charge in [0.2, 0.25) is 0 Å². The average molecular weight is 454 g/mol. The second-order valence-corrected chi connectivity index (χ2v) is 6.91. The zero-order valence-corrected chi connectivity index (χ0v) is 18.2. The summed E-state index contributed by atoms with van der Waals surface area (Å²) in [6.45, 7) is 12.9. The Balaban J connectivity index is 0.00000484. The molecular formula is C16H31IN4OS. The van der Waals surface area contributed by atoms with Gasteiger partial charge >= 0.3 is 0 Å². The van der Waals surface area contributed by atoms with Crippen molar-refractivity contribution in [3.05, 3.63) is 15.6 Å². The number of thiazole rings is 1. The van der Waals surface area contributed by atoms with Gasteiger partial charge in [0.05, 0.1) is 23.4 Å². The van der Waals surface area contributed by atoms with Gasteiger partial charge in [-0.3, -0.25) is 4.99 Å². The quantitative estimate of drug-likeness (QED) is 0.359. The molecule has 1 heterocycles. The van der Waals surface area contributed by atoms with E-state index in [9.17, 15) is 0 Å². The zero-order chi connectivity index (χ0) is 16.5. The Bertz CT molecular complexity index is 477. The normalized spacial score (nSPS) is 12.9. The van der Waals surface area contributed by atoms with Gasteiger partial charge in [0, 0.05) is 25.1 Å². The molecule has 1 atom stereocenters. The summed E-state index contributed by atoms with van der Waals surface area (Å²) in [5, 5.41) is 7.80. The monoisotopic (exact) mass is 454 g/mol. The second-order valence-electron chi connectivity index (χ2n) is 5.62. The molecule has 5 nitrogen and oxygen atoms in total. The lowest BCUT2D eigenvalue weighted by Gasteiger charge is -2.21. The maximum absolute atomic E-state index is 5.76. The fourth-order valence-electron chi connectivity index (χ4n) is 2.28. The third-order valence-electron chi connectivity index (χ3n) is 3.49. The molecule has 0 radical (unpaired) electrons. The van der Waals surface area contributed by atoms with E-state index in [2.05, 4.69) is 34.5 Å². The molecule has 0 amide bonds. The number of aliphatic imine (C=N–C) groups is 1. The molecule has 1 aromatic heterocycles. The molecule has 7 heteroatoms. The van der Waals surface area contributed by atoms with Gasteiger partial charge < -0.3 is 15.4 Å². The number of nitrogens with one attached hydrogen (secondary N) is 2. The van der Waals surface area contributed by atoms with Crippen LogP contribution in [0.2, 0.25) is 0 Å². The van der Waals surface area contributed by atoms with E-state index in [1.165, 1.54) is 4.88 Å². The molecule has 1 unspecified atom stereocenters. The van der Waals surface area contributed by atoms with Gasteiger partial charge in [0.15, 0.2) is 5.96 Å². The first kappa shape index (κ1) is 22.6. The summed E-state index contributed by atoms with van der Waals surface area (Å²) in [6, 6.07) is 0. The molecule has 1 aromatic rings. The maximum atomic E-state index is 5.76. The van der Waals surface area contributed by atoms with Gasteiger partial charge in [-0.2, -0.15) is 0 Å². The van der Waals surface area contributed by atoms with Crippen molar-refractivity contribution in [3.8, 4) is 0 Å². The highest BCUT2D eigenvalue weighted by molar-refractivity contribution is 14.0. The van der Waals surface area contributed by atoms with E-state index in [1.807, 2.05) is 20.8 Å². The van der Waals surface area contributed by atoms with Crippen LogP contribution in [0.15, 0.2) is 4.99 Å². The van der Waals surface area contributed by atoms with Crippen LogP contribution in [-0.4, -0.2) is 37.2 Å². The average Bonchev–Trinajstić information content (AvgIpc) is 2.79. The Hall–Kier alpha value is -0.410. The first-order chi connectivity index (χ1) is 10.5. The molecule has 0 saturated carbocycles. The zero-order valence-electron chi connectivity index (χ0n) is 15.1. The fraction of sp³-hybridized carbons (Fsp3) is 0.750. The summed E-state index contributed by atoms with van der Waals surface area (Å²) in [5.41, 5.74) is 1.10. The Labute approximate surface area is 161 Å². The number of guanidine groups is 1. The predicted octanol–water partition coefficient (Wildman–Crippen LogP) is 3.49. The highest BCUT2D eigenvalue weighted by Gasteiger charge is 2.13. The molecule has 0 bridgehead atoms. The molecular weight excluding hydrogens is 423 g/mol. The van der Waals surface area contributed by atoms with E-state index < -0.39 is 0 Å². The third kappa shape index (κ3) is 8.30. The Morgan fingerprint density at radius 3 is 2.48 bits per heavy atom. The van der Waals surface area contributed by atoms with Crippen molar-refractivity contribution in [2.24, 2.45) is 10.9 Å². The first-order valence-corrected chi connectivity index (χ1v) is 8.78. The summed E-state index contributed by atoms with van der Waals surface area (Å²) in [4.78, 5) is 9.97. The molecule has 0 aliphatic heterocycles. The largest absolute Gasteiger partial charge is 0.378 e. The van der Waals surface area contributed by atoms with Crippen LogP contribution >= 0.6 is 35.3 Å². The minimum atomic E-state index is 0. The standard InChI is InChI=1S/C16H30N4OS.HI/c1-7-21-14(11(2)3)8-9-18-16(17-6)19-10-15-12(4)20-13(5)22-15;/h11,14H,7-10H2,1-6H3,(H2,17,18,19);1H. The number of nitrogens with zero attached hydrogens (tertiary/aromatic N) is 2. The molecule has 0 saturated heterocycles. The Morgan fingerprint density at radius 1 is 1.30 bits per heavy atom. The van der Waals surface area contributed by atoms with Crippen LogP contribution < -0.4 is 10.6 Å². The van der Waals surface area contributed by atoms with E-state index >= 15 is 0 Å². The van der Waals surface area contributed by atoms with E-state index in [0.29, 0.717) is 12.0 Å². The fourth-order valence-corrected chi connectivity index (χ4v) is 3.15. The molecule has 0 fully saturated rings. The van der Waals surface area contributed by atoms with Gasteiger partial charge in [-0.05, 0) is 33.1 Å². The smallest absolute Gasteiger partial charge is 0.191 e. The molecule has 134 valence electrons. The van der Waals surface area contributed by atoms with Crippen molar-refractivity contribution in [3.63, 3.8) is 0 Å². The van der Waals surface area contributed by atoms with E-state index in [1.54, 1.807) is 18.4 Å². The van der Waals surface area contributed by atoms with Crippen LogP contribution in [0.25, 0.3) is 0 Å². The van der Waals surface area contributed by atoms with Crippen LogP contribution in [0.4, 0.5) is 0 Å². The lowest BCUT2D eigenvalue weighted by Crippen LogP contribution is -2.38. The van der Waals surface area contributed by atoms with Crippen molar-refractivity contribution in [2.45, 2.75) is 53.7 Å². The molecule has 0 aromatic carbocycles. The minimum Gasteiger partial charge on any atom is -0.378 e. The van der Waals surface area contributed by atoms with Gasteiger partial charge in [0.1, 0.15) is 0 Å². The van der Waals surface area contributed by atoms with Gasteiger partial charge in [0.25, 0.3) is 0 Å². The SMILES string of the molecule is CCOC(CCNC(=NC)NCc1sc(C)nc1C)C(C)C.I. The first-order valence-electron chi connectivity index (χ1n) is 7.96. The van der Waals surface area contributed by atoms with Crippen LogP contribution in [0.5, 0.6) is 0 Å². The van der Waals surface area contributed by atoms with Crippen LogP contribution in [0.3, 0.4) is 0 Å². The highest BCUT2D eigenvalue weighted by Crippen LogP contribution is 2.16. The number of rotatable bonds is 8. The molecule has 0 aliphatic rings. The van der Waals surface area contributed by atoms with E-state index in [4.69, 9.17) is 4.74 Å². The molecule has 0 aliphatic carbocycles. The van der Waals surface area contributed by atoms with Crippen LogP contribution in [0.1, 0.15) is 42.8 Å². The summed E-state index contributed by atoms with van der Waals surface area (Å²) in [6.07, 6.45) is 1.27. The predicted molar refractivity (Wildman–Crippen MR) is 110 cm³/mol. The molecule has 2 N–H and O–H groups in total. The van der Waals surface area contributed by atoms with Gasteiger partial charge in [-0.15, -0.1) is 35.3 Å². The molecule has 0 spiro atoms. The summed E-state index contributed by atoms with van der Waals surface area (Å²) < 4.78 is 5.76. The Kier molecular flexibility index (Phi) is 11.8. The van der Waals surface area contributed by atoms with Crippen LogP contribution in [0, 0.1) is 19.8 Å². The number of aromatic nitrogens is 1. The summed E-state index contributed by atoms with van der Waals surface area (Å²) in [5.74, 6) is 1.35.